The minimum atomic E-state index is -0.389. The fraction of sp³-hybridized carbons (Fsp3) is 0.571. The van der Waals surface area contributed by atoms with Gasteiger partial charge in [-0.1, -0.05) is 11.6 Å². The molecular weight excluding hydrogens is 264 g/mol. The zero-order chi connectivity index (χ0) is 13.7. The third-order valence-corrected chi connectivity index (χ3v) is 3.70. The summed E-state index contributed by atoms with van der Waals surface area (Å²) in [5.74, 6) is 0.751. The van der Waals surface area contributed by atoms with Crippen molar-refractivity contribution in [3.63, 3.8) is 0 Å². The number of ether oxygens (including phenoxy) is 1. The Morgan fingerprint density at radius 1 is 1.42 bits per heavy atom. The minimum Gasteiger partial charge on any atom is -0.497 e. The van der Waals surface area contributed by atoms with E-state index in [0.29, 0.717) is 18.1 Å². The van der Waals surface area contributed by atoms with Crippen LogP contribution in [-0.2, 0) is 0 Å². The second-order valence-electron chi connectivity index (χ2n) is 4.89. The van der Waals surface area contributed by atoms with Crippen molar-refractivity contribution in [1.82, 2.24) is 4.90 Å². The summed E-state index contributed by atoms with van der Waals surface area (Å²) in [5, 5.41) is 13.8. The van der Waals surface area contributed by atoms with Gasteiger partial charge in [0.2, 0.25) is 0 Å². The van der Waals surface area contributed by atoms with E-state index in [9.17, 15) is 5.11 Å². The van der Waals surface area contributed by atoms with Crippen LogP contribution in [0.4, 0.5) is 5.69 Å². The number of β-amino-alcohol motifs (C(OH)–C–C–N with tert-alkyl or cyclic N) is 1. The topological polar surface area (TPSA) is 44.7 Å². The van der Waals surface area contributed by atoms with Gasteiger partial charge >= 0.3 is 0 Å². The quantitative estimate of drug-likeness (QED) is 0.841. The highest BCUT2D eigenvalue weighted by molar-refractivity contribution is 6.33. The smallest absolute Gasteiger partial charge is 0.121 e. The molecule has 0 spiro atoms. The van der Waals surface area contributed by atoms with Gasteiger partial charge in [0.15, 0.2) is 0 Å². The second kappa shape index (κ2) is 6.98. The van der Waals surface area contributed by atoms with Crippen molar-refractivity contribution in [1.29, 1.82) is 0 Å². The molecule has 1 aliphatic rings. The number of rotatable bonds is 6. The van der Waals surface area contributed by atoms with Gasteiger partial charge in [0.1, 0.15) is 5.75 Å². The average Bonchev–Trinajstić information content (AvgIpc) is 2.90. The van der Waals surface area contributed by atoms with Crippen molar-refractivity contribution < 1.29 is 9.84 Å². The van der Waals surface area contributed by atoms with E-state index in [2.05, 4.69) is 10.2 Å². The van der Waals surface area contributed by atoms with Gasteiger partial charge in [0, 0.05) is 19.2 Å². The Hall–Kier alpha value is -0.970. The Balaban J connectivity index is 1.83. The highest BCUT2D eigenvalue weighted by Gasteiger charge is 2.15. The summed E-state index contributed by atoms with van der Waals surface area (Å²) in [4.78, 5) is 2.29. The molecule has 1 saturated heterocycles. The standard InChI is InChI=1S/C14H21ClN2O2/c1-19-12-4-5-13(15)14(8-12)16-9-11(18)10-17-6-2-3-7-17/h4-5,8,11,16,18H,2-3,6-7,9-10H2,1H3. The normalized spacial score (nSPS) is 17.4. The van der Waals surface area contributed by atoms with Crippen LogP contribution in [0.3, 0.4) is 0 Å². The highest BCUT2D eigenvalue weighted by Crippen LogP contribution is 2.26. The number of aliphatic hydroxyl groups is 1. The van der Waals surface area contributed by atoms with Crippen molar-refractivity contribution >= 4 is 17.3 Å². The third kappa shape index (κ3) is 4.27. The van der Waals surface area contributed by atoms with E-state index in [4.69, 9.17) is 16.3 Å². The summed E-state index contributed by atoms with van der Waals surface area (Å²) in [5.41, 5.74) is 0.793. The molecule has 0 aromatic heterocycles. The van der Waals surface area contributed by atoms with Gasteiger partial charge in [-0.2, -0.15) is 0 Å². The molecule has 1 aliphatic heterocycles. The predicted octanol–water partition coefficient (Wildman–Crippen LogP) is 2.22. The molecule has 106 valence electrons. The van der Waals surface area contributed by atoms with Crippen LogP contribution in [0.2, 0.25) is 5.02 Å². The molecule has 1 atom stereocenters. The molecule has 0 amide bonds. The Morgan fingerprint density at radius 2 is 2.16 bits per heavy atom. The largest absolute Gasteiger partial charge is 0.497 e. The van der Waals surface area contributed by atoms with Gasteiger partial charge in [-0.05, 0) is 38.1 Å². The van der Waals surface area contributed by atoms with Gasteiger partial charge in [0.05, 0.1) is 23.9 Å². The minimum absolute atomic E-state index is 0.389. The molecule has 1 aromatic carbocycles. The maximum Gasteiger partial charge on any atom is 0.121 e. The van der Waals surface area contributed by atoms with Crippen LogP contribution in [0.15, 0.2) is 18.2 Å². The molecule has 0 aliphatic carbocycles. The maximum absolute atomic E-state index is 10.0. The monoisotopic (exact) mass is 284 g/mol. The van der Waals surface area contributed by atoms with E-state index >= 15 is 0 Å². The Morgan fingerprint density at radius 3 is 2.84 bits per heavy atom. The third-order valence-electron chi connectivity index (χ3n) is 3.37. The molecule has 1 unspecified atom stereocenters. The lowest BCUT2D eigenvalue weighted by atomic mass is 10.2. The summed E-state index contributed by atoms with van der Waals surface area (Å²) < 4.78 is 5.15. The first-order chi connectivity index (χ1) is 9.19. The molecule has 5 heteroatoms. The fourth-order valence-corrected chi connectivity index (χ4v) is 2.51. The number of methoxy groups -OCH3 is 1. The Kier molecular flexibility index (Phi) is 5.31. The summed E-state index contributed by atoms with van der Waals surface area (Å²) in [6.45, 7) is 3.39. The number of nitrogens with zero attached hydrogens (tertiary/aromatic N) is 1. The van der Waals surface area contributed by atoms with Crippen LogP contribution in [0.5, 0.6) is 5.75 Å². The first-order valence-corrected chi connectivity index (χ1v) is 7.04. The summed E-state index contributed by atoms with van der Waals surface area (Å²) in [6, 6.07) is 5.44. The van der Waals surface area contributed by atoms with Gasteiger partial charge < -0.3 is 20.1 Å². The molecule has 19 heavy (non-hydrogen) atoms. The summed E-state index contributed by atoms with van der Waals surface area (Å²) >= 11 is 6.10. The van der Waals surface area contributed by atoms with E-state index in [0.717, 1.165) is 24.5 Å². The van der Waals surface area contributed by atoms with E-state index in [-0.39, 0.29) is 6.10 Å². The number of aliphatic hydroxyl groups excluding tert-OH is 1. The van der Waals surface area contributed by atoms with Gasteiger partial charge in [-0.15, -0.1) is 0 Å². The van der Waals surface area contributed by atoms with Gasteiger partial charge in [-0.25, -0.2) is 0 Å². The van der Waals surface area contributed by atoms with Crippen LogP contribution in [0, 0.1) is 0 Å². The molecule has 0 saturated carbocycles. The van der Waals surface area contributed by atoms with Crippen molar-refractivity contribution in [3.05, 3.63) is 23.2 Å². The van der Waals surface area contributed by atoms with E-state index < -0.39 is 0 Å². The van der Waals surface area contributed by atoms with Gasteiger partial charge in [-0.3, -0.25) is 0 Å². The summed E-state index contributed by atoms with van der Waals surface area (Å²) in [6.07, 6.45) is 2.09. The number of likely N-dealkylation sites (tertiary alicyclic amines) is 1. The van der Waals surface area contributed by atoms with Crippen LogP contribution in [0.1, 0.15) is 12.8 Å². The SMILES string of the molecule is COc1ccc(Cl)c(NCC(O)CN2CCCC2)c1. The fourth-order valence-electron chi connectivity index (χ4n) is 2.32. The highest BCUT2D eigenvalue weighted by atomic mass is 35.5. The molecule has 4 nitrogen and oxygen atoms in total. The van der Waals surface area contributed by atoms with Crippen molar-refractivity contribution in [3.8, 4) is 5.75 Å². The van der Waals surface area contributed by atoms with Crippen LogP contribution < -0.4 is 10.1 Å². The molecule has 0 radical (unpaired) electrons. The van der Waals surface area contributed by atoms with Crippen LogP contribution >= 0.6 is 11.6 Å². The first-order valence-electron chi connectivity index (χ1n) is 6.67. The molecule has 1 heterocycles. The van der Waals surface area contributed by atoms with Crippen LogP contribution in [0.25, 0.3) is 0 Å². The zero-order valence-corrected chi connectivity index (χ0v) is 12.0. The molecular formula is C14H21ClN2O2. The van der Waals surface area contributed by atoms with Crippen molar-refractivity contribution in [2.24, 2.45) is 0 Å². The first kappa shape index (κ1) is 14.4. The molecule has 2 rings (SSSR count). The lowest BCUT2D eigenvalue weighted by molar-refractivity contribution is 0.135. The zero-order valence-electron chi connectivity index (χ0n) is 11.2. The summed E-state index contributed by atoms with van der Waals surface area (Å²) in [7, 11) is 1.62. The van der Waals surface area contributed by atoms with E-state index in [1.165, 1.54) is 12.8 Å². The predicted molar refractivity (Wildman–Crippen MR) is 78.2 cm³/mol. The number of hydrogen-bond donors (Lipinski definition) is 2. The van der Waals surface area contributed by atoms with Crippen molar-refractivity contribution in [2.45, 2.75) is 18.9 Å². The number of halogens is 1. The van der Waals surface area contributed by atoms with Crippen molar-refractivity contribution in [2.75, 3.05) is 38.6 Å². The lowest BCUT2D eigenvalue weighted by Crippen LogP contribution is -2.34. The molecule has 1 aromatic rings. The number of hydrogen-bond acceptors (Lipinski definition) is 4. The molecule has 2 N–H and O–H groups in total. The average molecular weight is 285 g/mol. The molecule has 1 fully saturated rings. The lowest BCUT2D eigenvalue weighted by Gasteiger charge is -2.20. The number of anilines is 1. The second-order valence-corrected chi connectivity index (χ2v) is 5.30. The maximum atomic E-state index is 10.0. The van der Waals surface area contributed by atoms with Gasteiger partial charge in [0.25, 0.3) is 0 Å². The van der Waals surface area contributed by atoms with E-state index in [1.807, 2.05) is 12.1 Å². The number of benzene rings is 1. The van der Waals surface area contributed by atoms with E-state index in [1.54, 1.807) is 13.2 Å². The van der Waals surface area contributed by atoms with Crippen LogP contribution in [-0.4, -0.2) is 49.4 Å². The molecule has 0 bridgehead atoms. The number of nitrogens with one attached hydrogen (secondary N) is 1. The Bertz CT molecular complexity index is 408. The Labute approximate surface area is 119 Å².